The molecule has 1 aromatic carbocycles. The van der Waals surface area contributed by atoms with Crippen LogP contribution in [0.2, 0.25) is 0 Å². The van der Waals surface area contributed by atoms with Crippen LogP contribution >= 0.6 is 12.3 Å². The smallest absolute Gasteiger partial charge is 0.306 e. The lowest BCUT2D eigenvalue weighted by atomic mass is 9.43. The average molecular weight is 864 g/mol. The van der Waals surface area contributed by atoms with Gasteiger partial charge in [-0.25, -0.2) is 0 Å². The van der Waals surface area contributed by atoms with Gasteiger partial charge in [0.1, 0.15) is 18.5 Å². The Labute approximate surface area is 353 Å². The van der Waals surface area contributed by atoms with Crippen LogP contribution in [0, 0.1) is 40.4 Å². The van der Waals surface area contributed by atoms with Crippen molar-refractivity contribution in [1.29, 1.82) is 0 Å². The second-order valence-electron chi connectivity index (χ2n) is 17.8. The Hall–Kier alpha value is -3.33. The lowest BCUT2D eigenvalue weighted by Gasteiger charge is -2.62. The van der Waals surface area contributed by atoms with Gasteiger partial charge in [0, 0.05) is 24.8 Å². The molecule has 0 radical (unpaired) electrons. The Balaban J connectivity index is 1.17. The molecule has 6 rings (SSSR count). The van der Waals surface area contributed by atoms with Gasteiger partial charge in [0.15, 0.2) is 24.7 Å². The number of hydrogen-bond donors (Lipinski definition) is 4. The van der Waals surface area contributed by atoms with Gasteiger partial charge in [-0.05, 0) is 104 Å². The first-order valence-electron chi connectivity index (χ1n) is 20.8. The van der Waals surface area contributed by atoms with Crippen LogP contribution in [0.5, 0.6) is 5.75 Å². The van der Waals surface area contributed by atoms with Crippen molar-refractivity contribution >= 4 is 36.1 Å². The number of carboxylic acids is 1. The molecule has 5 fully saturated rings. The summed E-state index contributed by atoms with van der Waals surface area (Å²) in [5.74, 6) is -3.71. The number of ether oxygens (including phenoxy) is 4. The maximum Gasteiger partial charge on any atom is 0.306 e. The maximum absolute atomic E-state index is 14.0. The number of carbonyl (C=O) groups is 4. The van der Waals surface area contributed by atoms with E-state index in [4.69, 9.17) is 23.1 Å². The summed E-state index contributed by atoms with van der Waals surface area (Å²) in [6.45, 7) is 9.59. The maximum atomic E-state index is 14.0. The second-order valence-corrected chi connectivity index (χ2v) is 18.3. The fraction of sp³-hybridized carbons (Fsp3) is 0.714. The van der Waals surface area contributed by atoms with Crippen molar-refractivity contribution in [2.75, 3.05) is 13.2 Å². The van der Waals surface area contributed by atoms with E-state index in [-0.39, 0.29) is 67.4 Å². The van der Waals surface area contributed by atoms with Crippen LogP contribution in [0.15, 0.2) is 36.4 Å². The molecule has 2 bridgehead atoms. The zero-order chi connectivity index (χ0) is 43.4. The molecule has 4 N–H and O–H groups in total. The summed E-state index contributed by atoms with van der Waals surface area (Å²) >= 11 is 0.0280. The van der Waals surface area contributed by atoms with E-state index < -0.39 is 90.1 Å². The van der Waals surface area contributed by atoms with Gasteiger partial charge < -0.3 is 49.9 Å². The van der Waals surface area contributed by atoms with Gasteiger partial charge in [0.2, 0.25) is 5.91 Å². The molecule has 8 unspecified atom stereocenters. The first-order valence-corrected chi connectivity index (χ1v) is 21.5. The Morgan fingerprint density at radius 2 is 1.82 bits per heavy atom. The standard InChI is InChI=1S/C42H58NO16S/c1-22(2)17-34(47)56-37-36(57-60-59-58-52)35(48)30(21-53-33(46)12-11-32(45)43-16-14-24-5-8-26(44)9-6-24)55-40(37)54-27-18-28(39(50)51)29-13-15-42-19-25(23(3)38(42)49)7-10-31(42)41(29,4)20-27/h5-6,8-9,22,25,27-31,35-38,40,44,49,52H,3,7,10-21H2,1-2,4H3,(H,43,45)(H,50,51)/q-1/p-1/t25?,27?,28?,29?,30-,31?,35-,36-,37?,38+,40+,41?,42?/m1/s1. The van der Waals surface area contributed by atoms with Gasteiger partial charge in [0.25, 0.3) is 0 Å². The number of amides is 1. The van der Waals surface area contributed by atoms with Crippen LogP contribution in [0.1, 0.15) is 90.5 Å². The quantitative estimate of drug-likeness (QED) is 0.0315. The Morgan fingerprint density at radius 1 is 1.07 bits per heavy atom. The fourth-order valence-corrected chi connectivity index (χ4v) is 11.4. The van der Waals surface area contributed by atoms with Crippen LogP contribution in [0.4, 0.5) is 0 Å². The third-order valence-electron chi connectivity index (χ3n) is 13.7. The number of carbonyl (C=O) groups excluding carboxylic acids is 3. The van der Waals surface area contributed by atoms with Crippen molar-refractivity contribution in [3.63, 3.8) is 0 Å². The molecule has 5 aliphatic rings. The number of phenolic OH excluding ortho intramolecular Hbond substituents is 1. The van der Waals surface area contributed by atoms with Gasteiger partial charge in [-0.1, -0.05) is 45.6 Å². The highest BCUT2D eigenvalue weighted by atomic mass is 32.2. The zero-order valence-corrected chi connectivity index (χ0v) is 35.0. The number of aromatic hydroxyl groups is 1. The molecule has 1 amide bonds. The minimum atomic E-state index is -1.91. The molecular formula is C42H57NO16S-2. The number of aliphatic hydroxyl groups excluding tert-OH is 1. The minimum Gasteiger partial charge on any atom is -0.848 e. The molecule has 1 spiro atoms. The van der Waals surface area contributed by atoms with Crippen molar-refractivity contribution in [2.45, 2.75) is 134 Å². The Bertz CT molecular complexity index is 1700. The minimum absolute atomic E-state index is 0.0225. The largest absolute Gasteiger partial charge is 0.848 e. The van der Waals surface area contributed by atoms with E-state index in [0.29, 0.717) is 32.2 Å². The van der Waals surface area contributed by atoms with E-state index >= 15 is 0 Å². The molecule has 13 atom stereocenters. The van der Waals surface area contributed by atoms with Crippen LogP contribution in [0.3, 0.4) is 0 Å². The van der Waals surface area contributed by atoms with Crippen LogP contribution in [-0.4, -0.2) is 95.2 Å². The number of phenols is 1. The van der Waals surface area contributed by atoms with Crippen molar-refractivity contribution in [2.24, 2.45) is 40.4 Å². The molecular weight excluding hydrogens is 807 g/mol. The second kappa shape index (κ2) is 19.8. The molecule has 1 aromatic rings. The number of carboxylic acid groups (broad SMARTS) is 1. The molecule has 17 nitrogen and oxygen atoms in total. The molecule has 60 heavy (non-hydrogen) atoms. The predicted molar refractivity (Wildman–Crippen MR) is 206 cm³/mol. The summed E-state index contributed by atoms with van der Waals surface area (Å²) in [6, 6.07) is 6.54. The summed E-state index contributed by atoms with van der Waals surface area (Å²) < 4.78 is 33.8. The number of hydrogen-bond acceptors (Lipinski definition) is 16. The van der Waals surface area contributed by atoms with E-state index in [0.717, 1.165) is 30.4 Å². The van der Waals surface area contributed by atoms with Gasteiger partial charge in [-0.15, -0.1) is 4.33 Å². The van der Waals surface area contributed by atoms with Gasteiger partial charge in [0.05, 0.1) is 30.7 Å². The van der Waals surface area contributed by atoms with Crippen molar-refractivity contribution in [3.8, 4) is 5.75 Å². The summed E-state index contributed by atoms with van der Waals surface area (Å²) in [5, 5.41) is 62.4. The summed E-state index contributed by atoms with van der Waals surface area (Å²) in [7, 11) is 0. The van der Waals surface area contributed by atoms with Crippen molar-refractivity contribution in [3.05, 3.63) is 42.0 Å². The highest BCUT2D eigenvalue weighted by Crippen LogP contribution is 2.70. The van der Waals surface area contributed by atoms with Crippen LogP contribution in [-0.2, 0) is 58.1 Å². The average Bonchev–Trinajstić information content (AvgIpc) is 3.37. The molecule has 1 saturated heterocycles. The molecule has 334 valence electrons. The first kappa shape index (κ1) is 46.2. The lowest BCUT2D eigenvalue weighted by molar-refractivity contribution is -0.777. The van der Waals surface area contributed by atoms with Crippen LogP contribution in [0.25, 0.3) is 0 Å². The van der Waals surface area contributed by atoms with Crippen molar-refractivity contribution < 1.29 is 77.4 Å². The number of benzene rings is 1. The molecule has 4 saturated carbocycles. The third-order valence-corrected chi connectivity index (χ3v) is 14.1. The topological polar surface area (TPSA) is 252 Å². The third kappa shape index (κ3) is 10.1. The van der Waals surface area contributed by atoms with Gasteiger partial charge >= 0.3 is 17.9 Å². The number of rotatable bonds is 18. The molecule has 1 heterocycles. The Kier molecular flexibility index (Phi) is 15.2. The van der Waals surface area contributed by atoms with E-state index in [9.17, 15) is 44.9 Å². The lowest BCUT2D eigenvalue weighted by Crippen LogP contribution is -2.66. The monoisotopic (exact) mass is 863 g/mol. The van der Waals surface area contributed by atoms with E-state index in [1.807, 2.05) is 0 Å². The molecule has 18 heteroatoms. The zero-order valence-electron chi connectivity index (χ0n) is 34.2. The van der Waals surface area contributed by atoms with Gasteiger partial charge in [-0.3, -0.25) is 28.4 Å². The van der Waals surface area contributed by atoms with E-state index in [1.165, 1.54) is 0 Å². The summed E-state index contributed by atoms with van der Waals surface area (Å²) in [4.78, 5) is 51.4. The highest BCUT2D eigenvalue weighted by molar-refractivity contribution is 7.89. The summed E-state index contributed by atoms with van der Waals surface area (Å²) in [5.41, 5.74) is 0.732. The molecule has 4 aliphatic carbocycles. The normalized spacial score (nSPS) is 35.9. The number of aliphatic carboxylic acids is 1. The first-order chi connectivity index (χ1) is 28.6. The van der Waals surface area contributed by atoms with E-state index in [2.05, 4.69) is 28.2 Å². The van der Waals surface area contributed by atoms with E-state index in [1.54, 1.807) is 38.1 Å². The predicted octanol–water partition coefficient (Wildman–Crippen LogP) is 2.59. The number of aliphatic hydroxyl groups is 1. The summed E-state index contributed by atoms with van der Waals surface area (Å²) in [6.07, 6.45) is -5.36. The number of esters is 2. The van der Waals surface area contributed by atoms with Gasteiger partial charge in [-0.2, -0.15) is 0 Å². The molecule has 1 aliphatic heterocycles. The SMILES string of the molecule is C=C1C2CCC3C4(C)CC(O[C@H]5O[C@H](COC(=O)CCC(=O)NCCc6ccc(O)cc6)[C@@H]([O-])[C@@H](OSOO[O-])C5OC(=O)CC(C)C)CC(C(=O)O)C4CCC3(C2)[C@H]1O. The highest BCUT2D eigenvalue weighted by Gasteiger charge is 2.67. The fourth-order valence-electron chi connectivity index (χ4n) is 11.0. The number of fused-ring (bicyclic) bond motifs is 3. The van der Waals surface area contributed by atoms with Crippen LogP contribution < -0.4 is 15.7 Å². The number of nitrogens with one attached hydrogen (secondary N) is 1. The Morgan fingerprint density at radius 3 is 2.52 bits per heavy atom. The molecule has 0 aromatic heterocycles. The van der Waals surface area contributed by atoms with Crippen molar-refractivity contribution in [1.82, 2.24) is 5.32 Å².